The van der Waals surface area contributed by atoms with Gasteiger partial charge in [-0.05, 0) is 89.9 Å². The van der Waals surface area contributed by atoms with Crippen molar-refractivity contribution in [2.24, 2.45) is 29.1 Å². The summed E-state index contributed by atoms with van der Waals surface area (Å²) in [5.74, 6) is 2.86. The maximum absolute atomic E-state index is 12.4. The highest BCUT2D eigenvalue weighted by Crippen LogP contribution is 2.35. The number of ketones is 1. The Morgan fingerprint density at radius 2 is 1.11 bits per heavy atom. The zero-order chi connectivity index (χ0) is 20.1. The highest BCUT2D eigenvalue weighted by atomic mass is 16.5. The third kappa shape index (κ3) is 8.23. The minimum absolute atomic E-state index is 0.0174. The number of hydrogen-bond donors (Lipinski definition) is 0. The molecular formula is C24H44O3. The molecule has 0 atom stereocenters. The predicted molar refractivity (Wildman–Crippen MR) is 112 cm³/mol. The van der Waals surface area contributed by atoms with Crippen LogP contribution in [0.5, 0.6) is 0 Å². The molecule has 0 aromatic heterocycles. The molecule has 0 radical (unpaired) electrons. The molecule has 3 heteroatoms. The van der Waals surface area contributed by atoms with E-state index in [9.17, 15) is 4.79 Å². The minimum Gasteiger partial charge on any atom is -0.381 e. The SMILES string of the molecule is CC(C)(C)OCC1CCC(COCC2CCC(C(=O)C(C)(C)C)CC2)CC1. The summed E-state index contributed by atoms with van der Waals surface area (Å²) in [5, 5.41) is 0. The van der Waals surface area contributed by atoms with E-state index < -0.39 is 0 Å². The highest BCUT2D eigenvalue weighted by molar-refractivity contribution is 5.85. The summed E-state index contributed by atoms with van der Waals surface area (Å²) in [4.78, 5) is 12.4. The van der Waals surface area contributed by atoms with Crippen LogP contribution in [0.4, 0.5) is 0 Å². The molecule has 0 amide bonds. The maximum atomic E-state index is 12.4. The second kappa shape index (κ2) is 9.87. The molecule has 2 aliphatic carbocycles. The Kier molecular flexibility index (Phi) is 8.36. The van der Waals surface area contributed by atoms with Gasteiger partial charge in [-0.1, -0.05) is 20.8 Å². The molecule has 2 fully saturated rings. The van der Waals surface area contributed by atoms with Crippen LogP contribution in [0.25, 0.3) is 0 Å². The second-order valence-electron chi connectivity index (χ2n) is 11.2. The van der Waals surface area contributed by atoms with Gasteiger partial charge >= 0.3 is 0 Å². The van der Waals surface area contributed by atoms with Crippen LogP contribution in [-0.2, 0) is 14.3 Å². The maximum Gasteiger partial charge on any atom is 0.141 e. The van der Waals surface area contributed by atoms with Crippen molar-refractivity contribution in [1.29, 1.82) is 0 Å². The first-order valence-electron chi connectivity index (χ1n) is 11.3. The minimum atomic E-state index is -0.190. The van der Waals surface area contributed by atoms with E-state index in [-0.39, 0.29) is 16.9 Å². The standard InChI is InChI=1S/C24H44O3/c1-23(2,3)22(25)21-13-11-19(12-14-21)16-26-15-18-7-9-20(10-8-18)17-27-24(4,5)6/h18-21H,7-17H2,1-6H3. The van der Waals surface area contributed by atoms with Crippen LogP contribution in [-0.4, -0.2) is 31.2 Å². The van der Waals surface area contributed by atoms with Crippen LogP contribution in [0, 0.1) is 29.1 Å². The van der Waals surface area contributed by atoms with E-state index in [0.29, 0.717) is 11.7 Å². The van der Waals surface area contributed by atoms with Gasteiger partial charge in [0.05, 0.1) is 12.2 Å². The first-order chi connectivity index (χ1) is 12.5. The lowest BCUT2D eigenvalue weighted by Gasteiger charge is -2.32. The van der Waals surface area contributed by atoms with Crippen LogP contribution in [0.2, 0.25) is 0 Å². The molecule has 0 heterocycles. The summed E-state index contributed by atoms with van der Waals surface area (Å²) >= 11 is 0. The van der Waals surface area contributed by atoms with Crippen molar-refractivity contribution in [2.75, 3.05) is 19.8 Å². The number of hydrogen-bond acceptors (Lipinski definition) is 3. The number of ether oxygens (including phenoxy) is 2. The first kappa shape index (κ1) is 22.9. The molecule has 0 spiro atoms. The van der Waals surface area contributed by atoms with Gasteiger partial charge in [-0.25, -0.2) is 0 Å². The van der Waals surface area contributed by atoms with E-state index in [4.69, 9.17) is 9.47 Å². The van der Waals surface area contributed by atoms with Crippen LogP contribution >= 0.6 is 0 Å². The van der Waals surface area contributed by atoms with Crippen molar-refractivity contribution in [3.63, 3.8) is 0 Å². The first-order valence-corrected chi connectivity index (χ1v) is 11.3. The fraction of sp³-hybridized carbons (Fsp3) is 0.958. The van der Waals surface area contributed by atoms with Crippen LogP contribution in [0.15, 0.2) is 0 Å². The Morgan fingerprint density at radius 1 is 0.704 bits per heavy atom. The molecule has 2 rings (SSSR count). The van der Waals surface area contributed by atoms with E-state index in [2.05, 4.69) is 41.5 Å². The zero-order valence-corrected chi connectivity index (χ0v) is 18.8. The van der Waals surface area contributed by atoms with Crippen molar-refractivity contribution < 1.29 is 14.3 Å². The fourth-order valence-electron chi connectivity index (χ4n) is 4.54. The van der Waals surface area contributed by atoms with Crippen molar-refractivity contribution in [3.05, 3.63) is 0 Å². The van der Waals surface area contributed by atoms with Crippen LogP contribution in [0.1, 0.15) is 92.9 Å². The average Bonchev–Trinajstić information content (AvgIpc) is 2.59. The summed E-state index contributed by atoms with van der Waals surface area (Å²) in [7, 11) is 0. The van der Waals surface area contributed by atoms with Gasteiger partial charge in [0.1, 0.15) is 5.78 Å². The van der Waals surface area contributed by atoms with Gasteiger partial charge in [-0.3, -0.25) is 4.79 Å². The quantitative estimate of drug-likeness (QED) is 0.539. The van der Waals surface area contributed by atoms with Gasteiger partial charge in [0.2, 0.25) is 0 Å². The predicted octanol–water partition coefficient (Wildman–Crippen LogP) is 6.05. The van der Waals surface area contributed by atoms with E-state index in [1.807, 2.05) is 0 Å². The van der Waals surface area contributed by atoms with Crippen molar-refractivity contribution >= 4 is 5.78 Å². The van der Waals surface area contributed by atoms with E-state index in [1.165, 1.54) is 25.7 Å². The molecule has 3 nitrogen and oxygen atoms in total. The zero-order valence-electron chi connectivity index (χ0n) is 18.8. The molecule has 0 aromatic carbocycles. The Bertz CT molecular complexity index is 441. The van der Waals surface area contributed by atoms with E-state index >= 15 is 0 Å². The molecule has 27 heavy (non-hydrogen) atoms. The highest BCUT2D eigenvalue weighted by Gasteiger charge is 2.33. The molecule has 158 valence electrons. The van der Waals surface area contributed by atoms with Gasteiger partial charge in [-0.15, -0.1) is 0 Å². The molecule has 0 aliphatic heterocycles. The van der Waals surface area contributed by atoms with Gasteiger partial charge in [0.25, 0.3) is 0 Å². The smallest absolute Gasteiger partial charge is 0.141 e. The van der Waals surface area contributed by atoms with Gasteiger partial charge in [0.15, 0.2) is 0 Å². The molecule has 2 saturated carbocycles. The largest absolute Gasteiger partial charge is 0.381 e. The van der Waals surface area contributed by atoms with Crippen molar-refractivity contribution in [3.8, 4) is 0 Å². The Morgan fingerprint density at radius 3 is 1.52 bits per heavy atom. The van der Waals surface area contributed by atoms with E-state index in [0.717, 1.165) is 57.3 Å². The third-order valence-corrected chi connectivity index (χ3v) is 6.38. The summed E-state index contributed by atoms with van der Waals surface area (Å²) in [6.45, 7) is 15.3. The second-order valence-corrected chi connectivity index (χ2v) is 11.2. The summed E-state index contributed by atoms with van der Waals surface area (Å²) < 4.78 is 12.1. The van der Waals surface area contributed by atoms with E-state index in [1.54, 1.807) is 0 Å². The van der Waals surface area contributed by atoms with Gasteiger partial charge in [-0.2, -0.15) is 0 Å². The van der Waals surface area contributed by atoms with Crippen LogP contribution < -0.4 is 0 Å². The molecular weight excluding hydrogens is 336 g/mol. The Labute approximate surface area is 168 Å². The normalized spacial score (nSPS) is 30.3. The van der Waals surface area contributed by atoms with Crippen molar-refractivity contribution in [2.45, 2.75) is 98.5 Å². The Hall–Kier alpha value is -0.410. The topological polar surface area (TPSA) is 35.5 Å². The molecule has 0 saturated heterocycles. The number of Topliss-reactive ketones (excluding diaryl/α,β-unsaturated/α-hetero) is 1. The number of carbonyl (C=O) groups is 1. The lowest BCUT2D eigenvalue weighted by atomic mass is 9.74. The molecule has 0 N–H and O–H groups in total. The lowest BCUT2D eigenvalue weighted by molar-refractivity contribution is -0.131. The average molecular weight is 381 g/mol. The fourth-order valence-corrected chi connectivity index (χ4v) is 4.54. The third-order valence-electron chi connectivity index (χ3n) is 6.38. The Balaban J connectivity index is 1.56. The van der Waals surface area contributed by atoms with Crippen LogP contribution in [0.3, 0.4) is 0 Å². The molecule has 0 bridgehead atoms. The van der Waals surface area contributed by atoms with Crippen molar-refractivity contribution in [1.82, 2.24) is 0 Å². The molecule has 2 aliphatic rings. The summed E-state index contributed by atoms with van der Waals surface area (Å²) in [5.41, 5.74) is -0.207. The molecule has 0 unspecified atom stereocenters. The lowest BCUT2D eigenvalue weighted by Crippen LogP contribution is -2.32. The summed E-state index contributed by atoms with van der Waals surface area (Å²) in [6, 6.07) is 0. The number of carbonyl (C=O) groups excluding carboxylic acids is 1. The monoisotopic (exact) mass is 380 g/mol. The number of rotatable bonds is 7. The van der Waals surface area contributed by atoms with Gasteiger partial charge in [0, 0.05) is 24.5 Å². The molecule has 0 aromatic rings. The van der Waals surface area contributed by atoms with Gasteiger partial charge < -0.3 is 9.47 Å². The summed E-state index contributed by atoms with van der Waals surface area (Å²) in [6.07, 6.45) is 9.56.